The number of ether oxygens (including phenoxy) is 2. The molecule has 0 spiro atoms. The van der Waals surface area contributed by atoms with Gasteiger partial charge in [-0.25, -0.2) is 0 Å². The SMILES string of the molecule is COc1ccc(OCCCCCI)cc1. The van der Waals surface area contributed by atoms with Crippen LogP contribution in [0.2, 0.25) is 0 Å². The first-order valence-corrected chi connectivity index (χ1v) is 6.72. The molecule has 0 aliphatic rings. The van der Waals surface area contributed by atoms with E-state index < -0.39 is 0 Å². The van der Waals surface area contributed by atoms with Crippen LogP contribution in [-0.4, -0.2) is 18.1 Å². The van der Waals surface area contributed by atoms with Gasteiger partial charge in [-0.05, 0) is 48.0 Å². The highest BCUT2D eigenvalue weighted by atomic mass is 127. The smallest absolute Gasteiger partial charge is 0.119 e. The molecule has 2 nitrogen and oxygen atoms in total. The van der Waals surface area contributed by atoms with Crippen molar-refractivity contribution in [2.45, 2.75) is 19.3 Å². The summed E-state index contributed by atoms with van der Waals surface area (Å²) in [5, 5.41) is 0. The van der Waals surface area contributed by atoms with Crippen LogP contribution in [0.4, 0.5) is 0 Å². The number of hydrogen-bond acceptors (Lipinski definition) is 2. The molecule has 0 unspecified atom stereocenters. The van der Waals surface area contributed by atoms with Gasteiger partial charge < -0.3 is 9.47 Å². The number of benzene rings is 1. The van der Waals surface area contributed by atoms with Crippen molar-refractivity contribution in [3.05, 3.63) is 24.3 Å². The molecule has 0 bridgehead atoms. The van der Waals surface area contributed by atoms with Crippen molar-refractivity contribution in [1.29, 1.82) is 0 Å². The van der Waals surface area contributed by atoms with E-state index in [4.69, 9.17) is 9.47 Å². The molecular formula is C12H17IO2. The summed E-state index contributed by atoms with van der Waals surface area (Å²) in [6.45, 7) is 0.809. The van der Waals surface area contributed by atoms with Crippen LogP contribution >= 0.6 is 22.6 Å². The standard InChI is InChI=1S/C12H17IO2/c1-14-11-5-7-12(8-6-11)15-10-4-2-3-9-13/h5-8H,2-4,9-10H2,1H3. The zero-order chi connectivity index (χ0) is 10.9. The summed E-state index contributed by atoms with van der Waals surface area (Å²) < 4.78 is 11.9. The van der Waals surface area contributed by atoms with Crippen LogP contribution in [0.25, 0.3) is 0 Å². The lowest BCUT2D eigenvalue weighted by Crippen LogP contribution is -1.97. The Bertz CT molecular complexity index is 259. The second-order valence-electron chi connectivity index (χ2n) is 3.27. The fourth-order valence-corrected chi connectivity index (χ4v) is 1.77. The molecule has 0 atom stereocenters. The molecule has 0 aromatic heterocycles. The van der Waals surface area contributed by atoms with Gasteiger partial charge >= 0.3 is 0 Å². The minimum atomic E-state index is 0.809. The van der Waals surface area contributed by atoms with E-state index in [0.29, 0.717) is 0 Å². The van der Waals surface area contributed by atoms with E-state index in [2.05, 4.69) is 22.6 Å². The van der Waals surface area contributed by atoms with Gasteiger partial charge in [-0.1, -0.05) is 22.6 Å². The van der Waals surface area contributed by atoms with E-state index in [1.807, 2.05) is 24.3 Å². The maximum absolute atomic E-state index is 5.59. The highest BCUT2D eigenvalue weighted by molar-refractivity contribution is 14.1. The first kappa shape index (κ1) is 12.6. The second-order valence-corrected chi connectivity index (χ2v) is 4.35. The van der Waals surface area contributed by atoms with E-state index in [0.717, 1.165) is 24.5 Å². The first-order valence-electron chi connectivity index (χ1n) is 5.19. The van der Waals surface area contributed by atoms with Gasteiger partial charge in [0.1, 0.15) is 11.5 Å². The molecule has 1 aromatic carbocycles. The number of unbranched alkanes of at least 4 members (excludes halogenated alkanes) is 2. The lowest BCUT2D eigenvalue weighted by molar-refractivity contribution is 0.306. The molecule has 1 aromatic rings. The van der Waals surface area contributed by atoms with Crippen LogP contribution in [0.1, 0.15) is 19.3 Å². The van der Waals surface area contributed by atoms with Crippen LogP contribution in [0.3, 0.4) is 0 Å². The molecule has 0 radical (unpaired) electrons. The third kappa shape index (κ3) is 5.25. The molecule has 0 aliphatic heterocycles. The first-order chi connectivity index (χ1) is 7.36. The molecular weight excluding hydrogens is 303 g/mol. The predicted octanol–water partition coefficient (Wildman–Crippen LogP) is 3.68. The zero-order valence-corrected chi connectivity index (χ0v) is 11.2. The third-order valence-electron chi connectivity index (χ3n) is 2.11. The molecule has 84 valence electrons. The summed E-state index contributed by atoms with van der Waals surface area (Å²) in [6.07, 6.45) is 3.67. The molecule has 0 amide bonds. The lowest BCUT2D eigenvalue weighted by atomic mass is 10.3. The van der Waals surface area contributed by atoms with Crippen molar-refractivity contribution in [3.63, 3.8) is 0 Å². The van der Waals surface area contributed by atoms with E-state index in [1.54, 1.807) is 7.11 Å². The summed E-state index contributed by atoms with van der Waals surface area (Å²) >= 11 is 2.40. The quantitative estimate of drug-likeness (QED) is 0.433. The minimum Gasteiger partial charge on any atom is -0.497 e. The molecule has 0 heterocycles. The molecule has 15 heavy (non-hydrogen) atoms. The number of methoxy groups -OCH3 is 1. The predicted molar refractivity (Wildman–Crippen MR) is 71.2 cm³/mol. The van der Waals surface area contributed by atoms with Crippen molar-refractivity contribution >= 4 is 22.6 Å². The Balaban J connectivity index is 2.20. The van der Waals surface area contributed by atoms with Gasteiger partial charge in [0.15, 0.2) is 0 Å². The maximum atomic E-state index is 5.59. The molecule has 0 fully saturated rings. The van der Waals surface area contributed by atoms with Crippen molar-refractivity contribution < 1.29 is 9.47 Å². The van der Waals surface area contributed by atoms with Gasteiger partial charge in [0.25, 0.3) is 0 Å². The Hall–Kier alpha value is -0.450. The summed E-state index contributed by atoms with van der Waals surface area (Å²) in [6, 6.07) is 7.72. The third-order valence-corrected chi connectivity index (χ3v) is 2.87. The van der Waals surface area contributed by atoms with E-state index in [1.165, 1.54) is 17.3 Å². The van der Waals surface area contributed by atoms with Crippen molar-refractivity contribution in [1.82, 2.24) is 0 Å². The van der Waals surface area contributed by atoms with Gasteiger partial charge in [0.05, 0.1) is 13.7 Å². The van der Waals surface area contributed by atoms with Crippen LogP contribution in [0, 0.1) is 0 Å². The maximum Gasteiger partial charge on any atom is 0.119 e. The number of hydrogen-bond donors (Lipinski definition) is 0. The fourth-order valence-electron chi connectivity index (χ4n) is 1.24. The summed E-state index contributed by atoms with van der Waals surface area (Å²) in [4.78, 5) is 0. The van der Waals surface area contributed by atoms with Gasteiger partial charge in [-0.2, -0.15) is 0 Å². The van der Waals surface area contributed by atoms with E-state index in [-0.39, 0.29) is 0 Å². The molecule has 0 aliphatic carbocycles. The van der Waals surface area contributed by atoms with Crippen LogP contribution in [-0.2, 0) is 0 Å². The van der Waals surface area contributed by atoms with Crippen molar-refractivity contribution in [2.24, 2.45) is 0 Å². The van der Waals surface area contributed by atoms with E-state index >= 15 is 0 Å². The van der Waals surface area contributed by atoms with E-state index in [9.17, 15) is 0 Å². The molecule has 0 saturated carbocycles. The Kier molecular flexibility index (Phi) is 6.55. The molecule has 0 N–H and O–H groups in total. The summed E-state index contributed by atoms with van der Waals surface area (Å²) in [5.41, 5.74) is 0. The number of alkyl halides is 1. The monoisotopic (exact) mass is 320 g/mol. The van der Waals surface area contributed by atoms with Gasteiger partial charge in [0.2, 0.25) is 0 Å². The molecule has 1 rings (SSSR count). The molecule has 0 saturated heterocycles. The average molecular weight is 320 g/mol. The van der Waals surface area contributed by atoms with Crippen LogP contribution < -0.4 is 9.47 Å². The number of halogens is 1. The average Bonchev–Trinajstić information content (AvgIpc) is 2.30. The van der Waals surface area contributed by atoms with Gasteiger partial charge in [0, 0.05) is 0 Å². The van der Waals surface area contributed by atoms with Gasteiger partial charge in [-0.15, -0.1) is 0 Å². The Morgan fingerprint density at radius 1 is 1.00 bits per heavy atom. The van der Waals surface area contributed by atoms with Crippen LogP contribution in [0.5, 0.6) is 11.5 Å². The van der Waals surface area contributed by atoms with Crippen molar-refractivity contribution in [3.8, 4) is 11.5 Å². The minimum absolute atomic E-state index is 0.809. The Labute approximate surface area is 105 Å². The highest BCUT2D eigenvalue weighted by Gasteiger charge is 1.94. The summed E-state index contributed by atoms with van der Waals surface area (Å²) in [7, 11) is 1.67. The lowest BCUT2D eigenvalue weighted by Gasteiger charge is -2.06. The highest BCUT2D eigenvalue weighted by Crippen LogP contribution is 2.17. The number of rotatable bonds is 7. The Morgan fingerprint density at radius 2 is 1.67 bits per heavy atom. The zero-order valence-electron chi connectivity index (χ0n) is 9.04. The van der Waals surface area contributed by atoms with Gasteiger partial charge in [-0.3, -0.25) is 0 Å². The normalized spacial score (nSPS) is 10.0. The topological polar surface area (TPSA) is 18.5 Å². The summed E-state index contributed by atoms with van der Waals surface area (Å²) in [5.74, 6) is 1.79. The van der Waals surface area contributed by atoms with Crippen LogP contribution in [0.15, 0.2) is 24.3 Å². The fraction of sp³-hybridized carbons (Fsp3) is 0.500. The Morgan fingerprint density at radius 3 is 2.27 bits per heavy atom. The second kappa shape index (κ2) is 7.79. The molecule has 3 heteroatoms. The van der Waals surface area contributed by atoms with Crippen molar-refractivity contribution in [2.75, 3.05) is 18.1 Å². The largest absolute Gasteiger partial charge is 0.497 e.